The first-order valence-electron chi connectivity index (χ1n) is 6.16. The quantitative estimate of drug-likeness (QED) is 0.809. The van der Waals surface area contributed by atoms with Crippen molar-refractivity contribution in [2.24, 2.45) is 5.14 Å². The van der Waals surface area contributed by atoms with Crippen molar-refractivity contribution < 1.29 is 8.42 Å². The van der Waals surface area contributed by atoms with Crippen LogP contribution in [0.5, 0.6) is 0 Å². The van der Waals surface area contributed by atoms with Gasteiger partial charge in [-0.15, -0.1) is 0 Å². The van der Waals surface area contributed by atoms with Crippen LogP contribution >= 0.6 is 15.9 Å². The number of rotatable bonds is 4. The lowest BCUT2D eigenvalue weighted by Crippen LogP contribution is -2.20. The van der Waals surface area contributed by atoms with Gasteiger partial charge in [0.15, 0.2) is 0 Å². The van der Waals surface area contributed by atoms with Gasteiger partial charge >= 0.3 is 0 Å². The van der Waals surface area contributed by atoms with Gasteiger partial charge in [-0.2, -0.15) is 0 Å². The standard InChI is InChI=1S/C14H16BrN3O2S/c1-18(9-10-4-2-5-11(15)8-10)12-6-3-7-13(14(12)16)21(17,19)20/h2-8H,9,16H2,1H3,(H2,17,19,20). The van der Waals surface area contributed by atoms with E-state index in [1.54, 1.807) is 12.1 Å². The monoisotopic (exact) mass is 369 g/mol. The zero-order valence-corrected chi connectivity index (χ0v) is 13.9. The number of nitrogens with zero attached hydrogens (tertiary/aromatic N) is 1. The zero-order chi connectivity index (χ0) is 15.6. The molecule has 0 heterocycles. The smallest absolute Gasteiger partial charge is 0.240 e. The van der Waals surface area contributed by atoms with E-state index < -0.39 is 10.0 Å². The molecule has 112 valence electrons. The molecule has 2 aromatic rings. The molecule has 0 radical (unpaired) electrons. The molecule has 2 rings (SSSR count). The third-order valence-electron chi connectivity index (χ3n) is 3.07. The minimum Gasteiger partial charge on any atom is -0.396 e. The van der Waals surface area contributed by atoms with Gasteiger partial charge < -0.3 is 10.6 Å². The number of primary sulfonamides is 1. The van der Waals surface area contributed by atoms with Crippen LogP contribution in [0, 0.1) is 0 Å². The van der Waals surface area contributed by atoms with E-state index in [1.165, 1.54) is 6.07 Å². The van der Waals surface area contributed by atoms with Crippen LogP contribution in [-0.4, -0.2) is 15.5 Å². The molecule has 0 aliphatic rings. The number of nitrogens with two attached hydrogens (primary N) is 2. The number of para-hydroxylation sites is 1. The molecule has 5 nitrogen and oxygen atoms in total. The number of hydrogen-bond donors (Lipinski definition) is 2. The number of benzene rings is 2. The van der Waals surface area contributed by atoms with Crippen LogP contribution in [0.4, 0.5) is 11.4 Å². The number of hydrogen-bond acceptors (Lipinski definition) is 4. The van der Waals surface area contributed by atoms with Crippen LogP contribution < -0.4 is 15.8 Å². The molecule has 0 amide bonds. The minimum absolute atomic E-state index is 0.0545. The Morgan fingerprint density at radius 2 is 1.86 bits per heavy atom. The number of anilines is 2. The van der Waals surface area contributed by atoms with Crippen molar-refractivity contribution in [3.8, 4) is 0 Å². The van der Waals surface area contributed by atoms with Crippen molar-refractivity contribution in [1.29, 1.82) is 0 Å². The van der Waals surface area contributed by atoms with E-state index >= 15 is 0 Å². The maximum atomic E-state index is 11.5. The highest BCUT2D eigenvalue weighted by molar-refractivity contribution is 9.10. The van der Waals surface area contributed by atoms with Crippen LogP contribution in [0.25, 0.3) is 0 Å². The third-order valence-corrected chi connectivity index (χ3v) is 4.53. The SMILES string of the molecule is CN(Cc1cccc(Br)c1)c1cccc(S(N)(=O)=O)c1N. The highest BCUT2D eigenvalue weighted by Gasteiger charge is 2.16. The van der Waals surface area contributed by atoms with Crippen LogP contribution in [0.15, 0.2) is 51.8 Å². The average molecular weight is 370 g/mol. The Bertz CT molecular complexity index is 763. The molecule has 0 fully saturated rings. The van der Waals surface area contributed by atoms with Crippen molar-refractivity contribution in [2.75, 3.05) is 17.7 Å². The Morgan fingerprint density at radius 1 is 1.19 bits per heavy atom. The molecule has 0 unspecified atom stereocenters. The topological polar surface area (TPSA) is 89.4 Å². The lowest BCUT2D eigenvalue weighted by atomic mass is 10.2. The molecular weight excluding hydrogens is 354 g/mol. The molecule has 0 bridgehead atoms. The van der Waals surface area contributed by atoms with E-state index in [1.807, 2.05) is 36.2 Å². The molecule has 4 N–H and O–H groups in total. The summed E-state index contributed by atoms with van der Waals surface area (Å²) in [5, 5.41) is 5.17. The molecule has 0 atom stereocenters. The zero-order valence-electron chi connectivity index (χ0n) is 11.5. The average Bonchev–Trinajstić information content (AvgIpc) is 2.37. The van der Waals surface area contributed by atoms with Gasteiger partial charge in [0.25, 0.3) is 0 Å². The number of halogens is 1. The van der Waals surface area contributed by atoms with Gasteiger partial charge in [-0.1, -0.05) is 34.1 Å². The van der Waals surface area contributed by atoms with Crippen molar-refractivity contribution in [2.45, 2.75) is 11.4 Å². The summed E-state index contributed by atoms with van der Waals surface area (Å²) in [7, 11) is -1.98. The van der Waals surface area contributed by atoms with Gasteiger partial charge in [0.1, 0.15) is 4.90 Å². The van der Waals surface area contributed by atoms with Crippen molar-refractivity contribution in [3.05, 3.63) is 52.5 Å². The Balaban J connectivity index is 2.34. The minimum atomic E-state index is -3.83. The molecule has 2 aromatic carbocycles. The number of sulfonamides is 1. The van der Waals surface area contributed by atoms with Gasteiger partial charge in [-0.3, -0.25) is 0 Å². The van der Waals surface area contributed by atoms with Crippen LogP contribution in [0.1, 0.15) is 5.56 Å². The Labute approximate surface area is 132 Å². The summed E-state index contributed by atoms with van der Waals surface area (Å²) in [5.41, 5.74) is 7.81. The molecule has 0 spiro atoms. The van der Waals surface area contributed by atoms with Crippen LogP contribution in [-0.2, 0) is 16.6 Å². The van der Waals surface area contributed by atoms with E-state index in [0.717, 1.165) is 10.0 Å². The fraction of sp³-hybridized carbons (Fsp3) is 0.143. The summed E-state index contributed by atoms with van der Waals surface area (Å²) in [6.45, 7) is 0.595. The Morgan fingerprint density at radius 3 is 2.48 bits per heavy atom. The second-order valence-electron chi connectivity index (χ2n) is 4.72. The largest absolute Gasteiger partial charge is 0.396 e. The molecule has 0 aliphatic heterocycles. The summed E-state index contributed by atoms with van der Waals surface area (Å²) in [6.07, 6.45) is 0. The maximum absolute atomic E-state index is 11.5. The van der Waals surface area contributed by atoms with Gasteiger partial charge in [-0.05, 0) is 29.8 Å². The molecule has 7 heteroatoms. The second kappa shape index (κ2) is 6.05. The van der Waals surface area contributed by atoms with Crippen molar-refractivity contribution in [3.63, 3.8) is 0 Å². The molecule has 21 heavy (non-hydrogen) atoms. The first kappa shape index (κ1) is 15.8. The highest BCUT2D eigenvalue weighted by Crippen LogP contribution is 2.29. The van der Waals surface area contributed by atoms with Gasteiger partial charge in [0, 0.05) is 18.1 Å². The second-order valence-corrected chi connectivity index (χ2v) is 7.17. The molecule has 0 saturated heterocycles. The van der Waals surface area contributed by atoms with E-state index in [-0.39, 0.29) is 10.6 Å². The molecule has 0 aromatic heterocycles. The van der Waals surface area contributed by atoms with Gasteiger partial charge in [0.05, 0.1) is 11.4 Å². The van der Waals surface area contributed by atoms with Crippen molar-refractivity contribution >= 4 is 37.3 Å². The predicted octanol–water partition coefficient (Wildman–Crippen LogP) is 2.32. The van der Waals surface area contributed by atoms with E-state index in [0.29, 0.717) is 12.2 Å². The summed E-state index contributed by atoms with van der Waals surface area (Å²) in [6, 6.07) is 12.7. The first-order chi connectivity index (χ1) is 9.79. The lowest BCUT2D eigenvalue weighted by Gasteiger charge is -2.22. The normalized spacial score (nSPS) is 11.4. The van der Waals surface area contributed by atoms with Crippen molar-refractivity contribution in [1.82, 2.24) is 0 Å². The van der Waals surface area contributed by atoms with E-state index in [4.69, 9.17) is 10.9 Å². The maximum Gasteiger partial charge on any atom is 0.240 e. The van der Waals surface area contributed by atoms with E-state index in [2.05, 4.69) is 15.9 Å². The van der Waals surface area contributed by atoms with Crippen LogP contribution in [0.3, 0.4) is 0 Å². The molecular formula is C14H16BrN3O2S. The lowest BCUT2D eigenvalue weighted by molar-refractivity contribution is 0.598. The Hall–Kier alpha value is -1.57. The number of nitrogen functional groups attached to an aromatic ring is 1. The summed E-state index contributed by atoms with van der Waals surface area (Å²) < 4.78 is 24.0. The third kappa shape index (κ3) is 3.75. The van der Waals surface area contributed by atoms with E-state index in [9.17, 15) is 8.42 Å². The van der Waals surface area contributed by atoms with Crippen LogP contribution in [0.2, 0.25) is 0 Å². The molecule has 0 saturated carbocycles. The van der Waals surface area contributed by atoms with Gasteiger partial charge in [-0.25, -0.2) is 13.6 Å². The highest BCUT2D eigenvalue weighted by atomic mass is 79.9. The van der Waals surface area contributed by atoms with Gasteiger partial charge in [0.2, 0.25) is 10.0 Å². The first-order valence-corrected chi connectivity index (χ1v) is 8.50. The fourth-order valence-corrected chi connectivity index (χ4v) is 3.23. The molecule has 0 aliphatic carbocycles. The Kier molecular flexibility index (Phi) is 4.55. The predicted molar refractivity (Wildman–Crippen MR) is 88.5 cm³/mol. The summed E-state index contributed by atoms with van der Waals surface area (Å²) in [5.74, 6) is 0. The summed E-state index contributed by atoms with van der Waals surface area (Å²) >= 11 is 3.42. The fourth-order valence-electron chi connectivity index (χ4n) is 2.11. The summed E-state index contributed by atoms with van der Waals surface area (Å²) in [4.78, 5) is 1.83.